The van der Waals surface area contributed by atoms with Crippen molar-refractivity contribution in [3.8, 4) is 0 Å². The molecule has 1 saturated carbocycles. The Kier molecular flexibility index (Phi) is 7.34. The summed E-state index contributed by atoms with van der Waals surface area (Å²) in [6.07, 6.45) is 10.3. The second-order valence-corrected chi connectivity index (χ2v) is 9.55. The van der Waals surface area contributed by atoms with E-state index in [-0.39, 0.29) is 8.76 Å². The summed E-state index contributed by atoms with van der Waals surface area (Å²) in [6, 6.07) is 2.85. The van der Waals surface area contributed by atoms with Crippen LogP contribution in [0.4, 0.5) is 11.5 Å². The standard InChI is InChI=1S/C23H36N4O3.2H2/c1-23(2,3)22(29)26-18-14-19(21(28)30-4)20(24-15-18)27-12-10-17(11-13-27)25-16-8-6-5-7-9-16;;/h14-17,25H,5-13H2,1-4H3,(H,26,29);2*1H. The van der Waals surface area contributed by atoms with E-state index in [1.54, 1.807) is 12.3 Å². The summed E-state index contributed by atoms with van der Waals surface area (Å²) in [5.41, 5.74) is 0.368. The van der Waals surface area contributed by atoms with Crippen molar-refractivity contribution in [2.75, 3.05) is 30.4 Å². The largest absolute Gasteiger partial charge is 0.465 e. The van der Waals surface area contributed by atoms with Gasteiger partial charge in [-0.05, 0) is 31.7 Å². The van der Waals surface area contributed by atoms with E-state index in [0.717, 1.165) is 25.9 Å². The number of pyridine rings is 1. The van der Waals surface area contributed by atoms with Crippen LogP contribution in [0, 0.1) is 5.41 Å². The van der Waals surface area contributed by atoms with Gasteiger partial charge in [0.2, 0.25) is 5.91 Å². The van der Waals surface area contributed by atoms with Gasteiger partial charge in [0, 0.05) is 33.4 Å². The lowest BCUT2D eigenvalue weighted by atomic mass is 9.93. The molecule has 0 radical (unpaired) electrons. The minimum atomic E-state index is -0.530. The molecule has 1 aromatic rings. The molecule has 7 heteroatoms. The smallest absolute Gasteiger partial charge is 0.341 e. The van der Waals surface area contributed by atoms with Crippen molar-refractivity contribution < 1.29 is 17.2 Å². The Bertz CT molecular complexity index is 756. The first-order valence-corrected chi connectivity index (χ1v) is 11.2. The van der Waals surface area contributed by atoms with Gasteiger partial charge < -0.3 is 20.3 Å². The highest BCUT2D eigenvalue weighted by atomic mass is 16.5. The van der Waals surface area contributed by atoms with Crippen LogP contribution in [0.15, 0.2) is 12.3 Å². The Labute approximate surface area is 182 Å². The van der Waals surface area contributed by atoms with Crippen LogP contribution in [0.3, 0.4) is 0 Å². The average molecular weight is 421 g/mol. The lowest BCUT2D eigenvalue weighted by molar-refractivity contribution is -0.123. The molecule has 1 amide bonds. The number of ether oxygens (including phenoxy) is 1. The minimum absolute atomic E-state index is 0. The number of nitrogens with zero attached hydrogens (tertiary/aromatic N) is 2. The molecular formula is C23H40N4O3. The van der Waals surface area contributed by atoms with E-state index >= 15 is 0 Å². The van der Waals surface area contributed by atoms with Crippen LogP contribution in [-0.2, 0) is 9.53 Å². The number of methoxy groups -OCH3 is 1. The van der Waals surface area contributed by atoms with Gasteiger partial charge in [0.1, 0.15) is 11.4 Å². The number of amides is 1. The van der Waals surface area contributed by atoms with Gasteiger partial charge in [0.15, 0.2) is 0 Å². The van der Waals surface area contributed by atoms with Crippen LogP contribution in [0.1, 0.15) is 78.9 Å². The molecule has 7 nitrogen and oxygen atoms in total. The topological polar surface area (TPSA) is 83.6 Å². The molecule has 0 atom stereocenters. The second-order valence-electron chi connectivity index (χ2n) is 9.55. The number of aromatic nitrogens is 1. The first-order valence-electron chi connectivity index (χ1n) is 11.2. The number of hydrogen-bond acceptors (Lipinski definition) is 6. The summed E-state index contributed by atoms with van der Waals surface area (Å²) in [4.78, 5) is 31.4. The Morgan fingerprint density at radius 3 is 2.33 bits per heavy atom. The van der Waals surface area contributed by atoms with Crippen LogP contribution in [0.25, 0.3) is 0 Å². The molecule has 0 unspecified atom stereocenters. The predicted octanol–water partition coefficient (Wildman–Crippen LogP) is 4.24. The summed E-state index contributed by atoms with van der Waals surface area (Å²) >= 11 is 0. The van der Waals surface area contributed by atoms with Gasteiger partial charge in [-0.1, -0.05) is 40.0 Å². The maximum atomic E-state index is 12.4. The lowest BCUT2D eigenvalue weighted by Crippen LogP contribution is -2.47. The molecule has 1 aliphatic carbocycles. The van der Waals surface area contributed by atoms with Crippen molar-refractivity contribution in [1.29, 1.82) is 0 Å². The van der Waals surface area contributed by atoms with Gasteiger partial charge in [0.05, 0.1) is 19.0 Å². The number of carbonyl (C=O) groups excluding carboxylic acids is 2. The molecule has 1 aliphatic heterocycles. The average Bonchev–Trinajstić information content (AvgIpc) is 2.74. The number of nitrogens with one attached hydrogen (secondary N) is 2. The van der Waals surface area contributed by atoms with Gasteiger partial charge in [-0.3, -0.25) is 4.79 Å². The molecule has 0 spiro atoms. The molecule has 2 aliphatic rings. The fraction of sp³-hybridized carbons (Fsp3) is 0.696. The van der Waals surface area contributed by atoms with Crippen LogP contribution >= 0.6 is 0 Å². The molecule has 2 fully saturated rings. The van der Waals surface area contributed by atoms with Crippen LogP contribution < -0.4 is 15.5 Å². The summed E-state index contributed by atoms with van der Waals surface area (Å²) in [7, 11) is 1.37. The van der Waals surface area contributed by atoms with Crippen LogP contribution in [0.2, 0.25) is 0 Å². The molecule has 1 aromatic heterocycles. The molecule has 3 rings (SSSR count). The third-order valence-electron chi connectivity index (χ3n) is 6.08. The van der Waals surface area contributed by atoms with E-state index in [4.69, 9.17) is 4.74 Å². The van der Waals surface area contributed by atoms with Gasteiger partial charge in [-0.2, -0.15) is 0 Å². The number of esters is 1. The first kappa shape index (κ1) is 22.5. The molecule has 0 bridgehead atoms. The van der Waals surface area contributed by atoms with E-state index in [0.29, 0.717) is 29.2 Å². The van der Waals surface area contributed by atoms with E-state index in [1.165, 1.54) is 39.2 Å². The van der Waals surface area contributed by atoms with Gasteiger partial charge in [0.25, 0.3) is 0 Å². The Morgan fingerprint density at radius 1 is 1.10 bits per heavy atom. The fourth-order valence-corrected chi connectivity index (χ4v) is 4.22. The Balaban J connectivity index is 0.00000256. The lowest BCUT2D eigenvalue weighted by Gasteiger charge is -2.36. The molecule has 30 heavy (non-hydrogen) atoms. The first-order chi connectivity index (χ1) is 14.3. The zero-order chi connectivity index (χ0) is 21.7. The Morgan fingerprint density at radius 2 is 1.73 bits per heavy atom. The second kappa shape index (κ2) is 9.77. The third kappa shape index (κ3) is 5.72. The van der Waals surface area contributed by atoms with Gasteiger partial charge in [-0.15, -0.1) is 0 Å². The van der Waals surface area contributed by atoms with E-state index in [9.17, 15) is 9.59 Å². The number of piperidine rings is 1. The normalized spacial score (nSPS) is 18.9. The molecular weight excluding hydrogens is 380 g/mol. The number of hydrogen-bond donors (Lipinski definition) is 2. The van der Waals surface area contributed by atoms with Crippen LogP contribution in [-0.4, -0.2) is 49.1 Å². The molecule has 2 heterocycles. The Hall–Kier alpha value is -2.15. The van der Waals surface area contributed by atoms with Crippen molar-refractivity contribution in [2.24, 2.45) is 5.41 Å². The maximum Gasteiger partial charge on any atom is 0.341 e. The number of anilines is 2. The van der Waals surface area contributed by atoms with E-state index in [2.05, 4.69) is 20.5 Å². The SMILES string of the molecule is COC(=O)c1cc(NC(=O)C(C)(C)C)cnc1N1CCC(NC2CCCCC2)CC1.[HH].[HH]. The highest BCUT2D eigenvalue weighted by molar-refractivity contribution is 5.99. The fourth-order valence-electron chi connectivity index (χ4n) is 4.22. The zero-order valence-corrected chi connectivity index (χ0v) is 18.8. The molecule has 2 N–H and O–H groups in total. The quantitative estimate of drug-likeness (QED) is 0.694. The molecule has 0 aromatic carbocycles. The van der Waals surface area contributed by atoms with E-state index in [1.807, 2.05) is 20.8 Å². The number of rotatable bonds is 5. The third-order valence-corrected chi connectivity index (χ3v) is 6.08. The van der Waals surface area contributed by atoms with Gasteiger partial charge in [-0.25, -0.2) is 9.78 Å². The van der Waals surface area contributed by atoms with E-state index < -0.39 is 11.4 Å². The summed E-state index contributed by atoms with van der Waals surface area (Å²) in [5.74, 6) is 0.0704. The highest BCUT2D eigenvalue weighted by Gasteiger charge is 2.27. The minimum Gasteiger partial charge on any atom is -0.465 e. The molecule has 1 saturated heterocycles. The van der Waals surface area contributed by atoms with Crippen LogP contribution in [0.5, 0.6) is 0 Å². The highest BCUT2D eigenvalue weighted by Crippen LogP contribution is 2.27. The molecule has 170 valence electrons. The maximum absolute atomic E-state index is 12.4. The monoisotopic (exact) mass is 420 g/mol. The summed E-state index contributed by atoms with van der Waals surface area (Å²) in [5, 5.41) is 6.68. The van der Waals surface area contributed by atoms with Crippen molar-refractivity contribution in [1.82, 2.24) is 10.3 Å². The summed E-state index contributed by atoms with van der Waals surface area (Å²) in [6.45, 7) is 7.22. The van der Waals surface area contributed by atoms with Gasteiger partial charge >= 0.3 is 5.97 Å². The predicted molar refractivity (Wildman–Crippen MR) is 123 cm³/mol. The van der Waals surface area contributed by atoms with Crippen molar-refractivity contribution in [3.63, 3.8) is 0 Å². The van der Waals surface area contributed by atoms with Crippen molar-refractivity contribution >= 4 is 23.4 Å². The summed E-state index contributed by atoms with van der Waals surface area (Å²) < 4.78 is 4.99. The zero-order valence-electron chi connectivity index (χ0n) is 18.8. The van der Waals surface area contributed by atoms with Crippen molar-refractivity contribution in [2.45, 2.75) is 77.8 Å². The van der Waals surface area contributed by atoms with Crippen molar-refractivity contribution in [3.05, 3.63) is 17.8 Å². The number of carbonyl (C=O) groups is 2.